The molecule has 1 aliphatic rings. The SMILES string of the molecule is C[C@H](NCC(O)COc1ccccc1F)C1CCCCC1. The molecule has 4 heteroatoms. The number of ether oxygens (including phenoxy) is 1. The number of hydrogen-bond donors (Lipinski definition) is 2. The van der Waals surface area contributed by atoms with Crippen molar-refractivity contribution >= 4 is 0 Å². The molecular formula is C17H26FNO2. The maximum atomic E-state index is 13.4. The van der Waals surface area contributed by atoms with Gasteiger partial charge < -0.3 is 15.2 Å². The van der Waals surface area contributed by atoms with Gasteiger partial charge in [-0.15, -0.1) is 0 Å². The highest BCUT2D eigenvalue weighted by Gasteiger charge is 2.20. The van der Waals surface area contributed by atoms with Crippen molar-refractivity contribution in [1.29, 1.82) is 0 Å². The number of rotatable bonds is 7. The average Bonchev–Trinajstić information content (AvgIpc) is 2.52. The van der Waals surface area contributed by atoms with Crippen molar-refractivity contribution < 1.29 is 14.2 Å². The third-order valence-electron chi connectivity index (χ3n) is 4.30. The molecule has 0 radical (unpaired) electrons. The van der Waals surface area contributed by atoms with Gasteiger partial charge in [0.15, 0.2) is 11.6 Å². The van der Waals surface area contributed by atoms with E-state index in [0.29, 0.717) is 18.5 Å². The fourth-order valence-electron chi connectivity index (χ4n) is 2.93. The van der Waals surface area contributed by atoms with Gasteiger partial charge in [-0.05, 0) is 37.8 Å². The van der Waals surface area contributed by atoms with Crippen LogP contribution in [-0.4, -0.2) is 30.4 Å². The fraction of sp³-hybridized carbons (Fsp3) is 0.647. The van der Waals surface area contributed by atoms with E-state index in [-0.39, 0.29) is 12.4 Å². The number of hydrogen-bond acceptors (Lipinski definition) is 3. The lowest BCUT2D eigenvalue weighted by Gasteiger charge is -2.29. The molecule has 118 valence electrons. The number of nitrogens with one attached hydrogen (secondary N) is 1. The predicted molar refractivity (Wildman–Crippen MR) is 81.9 cm³/mol. The molecule has 2 rings (SSSR count). The summed E-state index contributed by atoms with van der Waals surface area (Å²) in [5.41, 5.74) is 0. The molecule has 1 aromatic rings. The zero-order valence-electron chi connectivity index (χ0n) is 12.7. The van der Waals surface area contributed by atoms with Gasteiger partial charge in [-0.1, -0.05) is 31.4 Å². The standard InChI is InChI=1S/C17H26FNO2/c1-13(14-7-3-2-4-8-14)19-11-15(20)12-21-17-10-6-5-9-16(17)18/h5-6,9-10,13-15,19-20H,2-4,7-8,11-12H2,1H3/t13-,15?/m0/s1. The van der Waals surface area contributed by atoms with Gasteiger partial charge >= 0.3 is 0 Å². The van der Waals surface area contributed by atoms with E-state index in [4.69, 9.17) is 4.74 Å². The third-order valence-corrected chi connectivity index (χ3v) is 4.30. The van der Waals surface area contributed by atoms with Crippen molar-refractivity contribution in [3.05, 3.63) is 30.1 Å². The fourth-order valence-corrected chi connectivity index (χ4v) is 2.93. The van der Waals surface area contributed by atoms with Crippen LogP contribution in [0, 0.1) is 11.7 Å². The minimum atomic E-state index is -0.629. The molecule has 0 aromatic heterocycles. The van der Waals surface area contributed by atoms with Gasteiger partial charge in [0.25, 0.3) is 0 Å². The molecule has 1 unspecified atom stereocenters. The summed E-state index contributed by atoms with van der Waals surface area (Å²) in [5, 5.41) is 13.3. The van der Waals surface area contributed by atoms with E-state index >= 15 is 0 Å². The zero-order valence-corrected chi connectivity index (χ0v) is 12.7. The molecule has 0 heterocycles. The van der Waals surface area contributed by atoms with E-state index in [1.165, 1.54) is 38.2 Å². The quantitative estimate of drug-likeness (QED) is 0.812. The van der Waals surface area contributed by atoms with Crippen LogP contribution in [0.5, 0.6) is 5.75 Å². The average molecular weight is 295 g/mol. The van der Waals surface area contributed by atoms with Crippen LogP contribution in [0.2, 0.25) is 0 Å². The van der Waals surface area contributed by atoms with E-state index in [2.05, 4.69) is 12.2 Å². The maximum absolute atomic E-state index is 13.4. The zero-order chi connectivity index (χ0) is 15.1. The van der Waals surface area contributed by atoms with Crippen LogP contribution >= 0.6 is 0 Å². The second kappa shape index (κ2) is 8.35. The Kier molecular flexibility index (Phi) is 6.46. The summed E-state index contributed by atoms with van der Waals surface area (Å²) in [4.78, 5) is 0. The third kappa shape index (κ3) is 5.29. The largest absolute Gasteiger partial charge is 0.488 e. The Morgan fingerprint density at radius 2 is 2.00 bits per heavy atom. The number of aliphatic hydroxyl groups excluding tert-OH is 1. The lowest BCUT2D eigenvalue weighted by molar-refractivity contribution is 0.0981. The Labute approximate surface area is 126 Å². The molecule has 0 bridgehead atoms. The molecule has 21 heavy (non-hydrogen) atoms. The van der Waals surface area contributed by atoms with Crippen molar-refractivity contribution in [2.24, 2.45) is 5.92 Å². The van der Waals surface area contributed by atoms with Crippen LogP contribution in [0.15, 0.2) is 24.3 Å². The Balaban J connectivity index is 1.67. The van der Waals surface area contributed by atoms with Crippen LogP contribution in [-0.2, 0) is 0 Å². The molecule has 1 aliphatic carbocycles. The summed E-state index contributed by atoms with van der Waals surface area (Å²) in [5.74, 6) is 0.503. The molecule has 1 fully saturated rings. The van der Waals surface area contributed by atoms with Crippen molar-refractivity contribution in [2.75, 3.05) is 13.2 Å². The Hall–Kier alpha value is -1.13. The van der Waals surface area contributed by atoms with E-state index in [1.807, 2.05) is 0 Å². The van der Waals surface area contributed by atoms with Crippen LogP contribution in [0.25, 0.3) is 0 Å². The molecule has 0 amide bonds. The Bertz CT molecular complexity index is 421. The second-order valence-corrected chi connectivity index (χ2v) is 5.99. The summed E-state index contributed by atoms with van der Waals surface area (Å²) >= 11 is 0. The van der Waals surface area contributed by atoms with Gasteiger partial charge in [-0.3, -0.25) is 0 Å². The first-order valence-electron chi connectivity index (χ1n) is 7.95. The second-order valence-electron chi connectivity index (χ2n) is 5.99. The molecule has 1 aromatic carbocycles. The van der Waals surface area contributed by atoms with Crippen LogP contribution in [0.3, 0.4) is 0 Å². The van der Waals surface area contributed by atoms with Gasteiger partial charge in [0.05, 0.1) is 0 Å². The first-order chi connectivity index (χ1) is 10.2. The van der Waals surface area contributed by atoms with E-state index in [1.54, 1.807) is 18.2 Å². The summed E-state index contributed by atoms with van der Waals surface area (Å²) in [6, 6.07) is 6.67. The summed E-state index contributed by atoms with van der Waals surface area (Å²) < 4.78 is 18.7. The summed E-state index contributed by atoms with van der Waals surface area (Å²) in [6.07, 6.45) is 5.90. The predicted octanol–water partition coefficient (Wildman–Crippen LogP) is 3.12. The number of aliphatic hydroxyl groups is 1. The normalized spacial score (nSPS) is 19.2. The minimum Gasteiger partial charge on any atom is -0.488 e. The highest BCUT2D eigenvalue weighted by molar-refractivity contribution is 5.23. The van der Waals surface area contributed by atoms with E-state index in [0.717, 1.165) is 0 Å². The van der Waals surface area contributed by atoms with Crippen LogP contribution < -0.4 is 10.1 Å². The van der Waals surface area contributed by atoms with Crippen molar-refractivity contribution in [1.82, 2.24) is 5.32 Å². The highest BCUT2D eigenvalue weighted by atomic mass is 19.1. The van der Waals surface area contributed by atoms with Gasteiger partial charge in [-0.25, -0.2) is 4.39 Å². The molecule has 2 N–H and O–H groups in total. The van der Waals surface area contributed by atoms with Crippen molar-refractivity contribution in [2.45, 2.75) is 51.2 Å². The monoisotopic (exact) mass is 295 g/mol. The molecule has 0 saturated heterocycles. The lowest BCUT2D eigenvalue weighted by atomic mass is 9.84. The van der Waals surface area contributed by atoms with Crippen molar-refractivity contribution in [3.63, 3.8) is 0 Å². The number of benzene rings is 1. The smallest absolute Gasteiger partial charge is 0.165 e. The highest BCUT2D eigenvalue weighted by Crippen LogP contribution is 2.26. The lowest BCUT2D eigenvalue weighted by Crippen LogP contribution is -2.40. The molecule has 3 nitrogen and oxygen atoms in total. The van der Waals surface area contributed by atoms with E-state index < -0.39 is 11.9 Å². The van der Waals surface area contributed by atoms with Gasteiger partial charge in [0, 0.05) is 12.6 Å². The summed E-state index contributed by atoms with van der Waals surface area (Å²) in [6.45, 7) is 2.76. The maximum Gasteiger partial charge on any atom is 0.165 e. The molecule has 0 spiro atoms. The first kappa shape index (κ1) is 16.2. The molecule has 0 aliphatic heterocycles. The first-order valence-corrected chi connectivity index (χ1v) is 7.95. The van der Waals surface area contributed by atoms with Gasteiger partial charge in [-0.2, -0.15) is 0 Å². The van der Waals surface area contributed by atoms with Gasteiger partial charge in [0.2, 0.25) is 0 Å². The molecule has 2 atom stereocenters. The molecular weight excluding hydrogens is 269 g/mol. The van der Waals surface area contributed by atoms with E-state index in [9.17, 15) is 9.50 Å². The minimum absolute atomic E-state index is 0.102. The van der Waals surface area contributed by atoms with Crippen molar-refractivity contribution in [3.8, 4) is 5.75 Å². The van der Waals surface area contributed by atoms with Crippen LogP contribution in [0.1, 0.15) is 39.0 Å². The topological polar surface area (TPSA) is 41.5 Å². The van der Waals surface area contributed by atoms with Gasteiger partial charge in [0.1, 0.15) is 12.7 Å². The summed E-state index contributed by atoms with van der Waals surface area (Å²) in [7, 11) is 0. The number of halogens is 1. The Morgan fingerprint density at radius 3 is 2.71 bits per heavy atom. The number of para-hydroxylation sites is 1. The molecule has 1 saturated carbocycles. The van der Waals surface area contributed by atoms with Crippen LogP contribution in [0.4, 0.5) is 4.39 Å². The Morgan fingerprint density at radius 1 is 1.29 bits per heavy atom.